The molecule has 1 aromatic carbocycles. The Kier molecular flexibility index (Phi) is 5.15. The molecule has 0 bridgehead atoms. The molecule has 6 nitrogen and oxygen atoms in total. The Labute approximate surface area is 141 Å². The third kappa shape index (κ3) is 3.43. The van der Waals surface area contributed by atoms with Crippen molar-refractivity contribution in [2.24, 2.45) is 5.92 Å². The van der Waals surface area contributed by atoms with Gasteiger partial charge in [0.1, 0.15) is 11.4 Å². The van der Waals surface area contributed by atoms with Crippen LogP contribution in [0.4, 0.5) is 0 Å². The average molecular weight is 329 g/mol. The van der Waals surface area contributed by atoms with Crippen LogP contribution in [-0.2, 0) is 0 Å². The molecular formula is C18H23N3O3. The van der Waals surface area contributed by atoms with Crippen LogP contribution in [0.3, 0.4) is 0 Å². The second-order valence-electron chi connectivity index (χ2n) is 6.17. The molecule has 2 aromatic rings. The number of hydrogen-bond donors (Lipinski definition) is 3. The molecule has 2 atom stereocenters. The summed E-state index contributed by atoms with van der Waals surface area (Å²) in [7, 11) is 1.61. The minimum atomic E-state index is -0.186. The number of nitrogens with one attached hydrogen (secondary N) is 2. The summed E-state index contributed by atoms with van der Waals surface area (Å²) in [5, 5.41) is 19.5. The van der Waals surface area contributed by atoms with Crippen molar-refractivity contribution in [2.45, 2.75) is 31.7 Å². The van der Waals surface area contributed by atoms with Crippen LogP contribution in [-0.4, -0.2) is 41.0 Å². The summed E-state index contributed by atoms with van der Waals surface area (Å²) in [6.45, 7) is 0.111. The summed E-state index contributed by atoms with van der Waals surface area (Å²) >= 11 is 0. The van der Waals surface area contributed by atoms with Gasteiger partial charge in [0.15, 0.2) is 0 Å². The lowest BCUT2D eigenvalue weighted by molar-refractivity contribution is 0.0867. The zero-order valence-corrected chi connectivity index (χ0v) is 13.8. The van der Waals surface area contributed by atoms with Gasteiger partial charge in [-0.2, -0.15) is 5.10 Å². The number of carbonyl (C=O) groups excluding carboxylic acids is 1. The summed E-state index contributed by atoms with van der Waals surface area (Å²) < 4.78 is 5.34. The summed E-state index contributed by atoms with van der Waals surface area (Å²) in [5.74, 6) is 0.664. The maximum absolute atomic E-state index is 12.5. The highest BCUT2D eigenvalue weighted by Gasteiger charge is 2.26. The van der Waals surface area contributed by atoms with Crippen molar-refractivity contribution in [1.82, 2.24) is 15.5 Å². The normalized spacial score (nSPS) is 20.6. The van der Waals surface area contributed by atoms with Crippen molar-refractivity contribution < 1.29 is 14.6 Å². The van der Waals surface area contributed by atoms with Crippen molar-refractivity contribution in [3.63, 3.8) is 0 Å². The number of methoxy groups -OCH3 is 1. The van der Waals surface area contributed by atoms with Crippen LogP contribution in [0.25, 0.3) is 11.3 Å². The summed E-state index contributed by atoms with van der Waals surface area (Å²) in [6.07, 6.45) is 4.05. The lowest BCUT2D eigenvalue weighted by Crippen LogP contribution is -2.43. The molecular weight excluding hydrogens is 306 g/mol. The largest absolute Gasteiger partial charge is 0.496 e. The van der Waals surface area contributed by atoms with Crippen LogP contribution in [0.2, 0.25) is 0 Å². The first kappa shape index (κ1) is 16.5. The Bertz CT molecular complexity index is 698. The van der Waals surface area contributed by atoms with Crippen LogP contribution in [0, 0.1) is 5.92 Å². The Morgan fingerprint density at radius 2 is 2.17 bits per heavy atom. The smallest absolute Gasteiger partial charge is 0.269 e. The lowest BCUT2D eigenvalue weighted by atomic mass is 9.85. The van der Waals surface area contributed by atoms with Crippen molar-refractivity contribution in [3.05, 3.63) is 36.0 Å². The van der Waals surface area contributed by atoms with Crippen LogP contribution in [0.1, 0.15) is 36.2 Å². The van der Waals surface area contributed by atoms with Gasteiger partial charge < -0.3 is 15.2 Å². The SMILES string of the molecule is COc1ccccc1-c1cc(C(=O)NC2CCCCC2CO)[nH]n1. The summed E-state index contributed by atoms with van der Waals surface area (Å²) in [4.78, 5) is 12.5. The van der Waals surface area contributed by atoms with Gasteiger partial charge in [-0.1, -0.05) is 25.0 Å². The number of amides is 1. The van der Waals surface area contributed by atoms with E-state index >= 15 is 0 Å². The van der Waals surface area contributed by atoms with Gasteiger partial charge >= 0.3 is 0 Å². The number of aliphatic hydroxyl groups is 1. The van der Waals surface area contributed by atoms with Gasteiger partial charge in [-0.3, -0.25) is 9.89 Å². The van der Waals surface area contributed by atoms with E-state index in [9.17, 15) is 9.90 Å². The van der Waals surface area contributed by atoms with Gasteiger partial charge in [0.05, 0.1) is 12.8 Å². The number of aromatic amines is 1. The van der Waals surface area contributed by atoms with E-state index in [0.717, 1.165) is 31.2 Å². The second-order valence-corrected chi connectivity index (χ2v) is 6.17. The van der Waals surface area contributed by atoms with Crippen LogP contribution >= 0.6 is 0 Å². The number of ether oxygens (including phenoxy) is 1. The molecule has 0 radical (unpaired) electrons. The molecule has 1 amide bonds. The number of nitrogens with zero attached hydrogens (tertiary/aromatic N) is 1. The highest BCUT2D eigenvalue weighted by Crippen LogP contribution is 2.28. The van der Waals surface area contributed by atoms with E-state index in [1.54, 1.807) is 13.2 Å². The molecule has 0 spiro atoms. The Hall–Kier alpha value is -2.34. The molecule has 3 N–H and O–H groups in total. The van der Waals surface area contributed by atoms with E-state index in [1.165, 1.54) is 0 Å². The number of hydrogen-bond acceptors (Lipinski definition) is 4. The number of benzene rings is 1. The fraction of sp³-hybridized carbons (Fsp3) is 0.444. The molecule has 3 rings (SSSR count). The number of aliphatic hydroxyl groups excluding tert-OH is 1. The maximum atomic E-state index is 12.5. The van der Waals surface area contributed by atoms with Gasteiger partial charge in [0.2, 0.25) is 0 Å². The van der Waals surface area contributed by atoms with Crippen LogP contribution in [0.5, 0.6) is 5.75 Å². The van der Waals surface area contributed by atoms with Gasteiger partial charge in [0.25, 0.3) is 5.91 Å². The molecule has 6 heteroatoms. The fourth-order valence-electron chi connectivity index (χ4n) is 3.29. The monoisotopic (exact) mass is 329 g/mol. The highest BCUT2D eigenvalue weighted by atomic mass is 16.5. The van der Waals surface area contributed by atoms with E-state index < -0.39 is 0 Å². The number of rotatable bonds is 5. The van der Waals surface area contributed by atoms with Crippen LogP contribution in [0.15, 0.2) is 30.3 Å². The first-order valence-electron chi connectivity index (χ1n) is 8.33. The molecule has 0 saturated heterocycles. The average Bonchev–Trinajstić information content (AvgIpc) is 3.12. The summed E-state index contributed by atoms with van der Waals surface area (Å²) in [5.41, 5.74) is 1.92. The third-order valence-electron chi connectivity index (χ3n) is 4.67. The van der Waals surface area contributed by atoms with Gasteiger partial charge in [-0.25, -0.2) is 0 Å². The maximum Gasteiger partial charge on any atom is 0.269 e. The molecule has 1 saturated carbocycles. The van der Waals surface area contributed by atoms with Crippen molar-refractivity contribution >= 4 is 5.91 Å². The van der Waals surface area contributed by atoms with Crippen molar-refractivity contribution in [2.75, 3.05) is 13.7 Å². The Morgan fingerprint density at radius 3 is 2.96 bits per heavy atom. The Balaban J connectivity index is 1.74. The van der Waals surface area contributed by atoms with Crippen molar-refractivity contribution in [1.29, 1.82) is 0 Å². The molecule has 0 aliphatic heterocycles. The molecule has 1 heterocycles. The van der Waals surface area contributed by atoms with E-state index in [1.807, 2.05) is 24.3 Å². The van der Waals surface area contributed by atoms with Crippen molar-refractivity contribution in [3.8, 4) is 17.0 Å². The minimum Gasteiger partial charge on any atom is -0.496 e. The number of para-hydroxylation sites is 1. The third-order valence-corrected chi connectivity index (χ3v) is 4.67. The number of H-pyrrole nitrogens is 1. The first-order chi connectivity index (χ1) is 11.7. The van der Waals surface area contributed by atoms with E-state index in [4.69, 9.17) is 4.74 Å². The zero-order valence-electron chi connectivity index (χ0n) is 13.8. The fourth-order valence-corrected chi connectivity index (χ4v) is 3.29. The zero-order chi connectivity index (χ0) is 16.9. The molecule has 1 aliphatic carbocycles. The summed E-state index contributed by atoms with van der Waals surface area (Å²) in [6, 6.07) is 9.30. The standard InChI is InChI=1S/C18H23N3O3/c1-24-17-9-5-3-7-13(17)15-10-16(21-20-15)18(23)19-14-8-4-2-6-12(14)11-22/h3,5,7,9-10,12,14,22H,2,4,6,8,11H2,1H3,(H,19,23)(H,20,21). The minimum absolute atomic E-state index is 0.0225. The predicted octanol–water partition coefficient (Wildman–Crippen LogP) is 2.37. The van der Waals surface area contributed by atoms with Gasteiger partial charge in [-0.15, -0.1) is 0 Å². The predicted molar refractivity (Wildman–Crippen MR) is 90.9 cm³/mol. The van der Waals surface area contributed by atoms with E-state index in [-0.39, 0.29) is 24.5 Å². The van der Waals surface area contributed by atoms with Gasteiger partial charge in [0, 0.05) is 24.1 Å². The van der Waals surface area contributed by atoms with E-state index in [2.05, 4.69) is 15.5 Å². The number of carbonyl (C=O) groups is 1. The molecule has 1 aliphatic rings. The lowest BCUT2D eigenvalue weighted by Gasteiger charge is -2.30. The molecule has 2 unspecified atom stereocenters. The molecule has 1 fully saturated rings. The van der Waals surface area contributed by atoms with Gasteiger partial charge in [-0.05, 0) is 31.0 Å². The van der Waals surface area contributed by atoms with E-state index in [0.29, 0.717) is 17.1 Å². The quantitative estimate of drug-likeness (QED) is 0.786. The molecule has 128 valence electrons. The highest BCUT2D eigenvalue weighted by molar-refractivity contribution is 5.93. The van der Waals surface area contributed by atoms with Crippen LogP contribution < -0.4 is 10.1 Å². The first-order valence-corrected chi connectivity index (χ1v) is 8.33. The number of aromatic nitrogens is 2. The molecule has 1 aromatic heterocycles. The molecule has 24 heavy (non-hydrogen) atoms. The topological polar surface area (TPSA) is 87.2 Å². The second kappa shape index (κ2) is 7.49. The Morgan fingerprint density at radius 1 is 1.38 bits per heavy atom.